The minimum absolute atomic E-state index is 0.112. The van der Waals surface area contributed by atoms with Crippen LogP contribution < -0.4 is 0 Å². The Bertz CT molecular complexity index is 586. The van der Waals surface area contributed by atoms with Gasteiger partial charge in [-0.05, 0) is 19.4 Å². The number of aromatic nitrogens is 2. The van der Waals surface area contributed by atoms with E-state index in [1.165, 1.54) is 6.07 Å². The topological polar surface area (TPSA) is 27.1 Å². The van der Waals surface area contributed by atoms with Crippen LogP contribution in [0.15, 0.2) is 12.1 Å². The van der Waals surface area contributed by atoms with Crippen LogP contribution in [0.4, 0.5) is 4.39 Å². The molecule has 0 atom stereocenters. The normalized spacial score (nSPS) is 11.4. The second-order valence-corrected chi connectivity index (χ2v) is 5.21. The summed E-state index contributed by atoms with van der Waals surface area (Å²) in [5, 5.41) is 0.112. The number of halogens is 3. The summed E-state index contributed by atoms with van der Waals surface area (Å²) in [4.78, 5) is 4.44. The number of imidazole rings is 1. The van der Waals surface area contributed by atoms with Gasteiger partial charge in [0.1, 0.15) is 11.6 Å². The van der Waals surface area contributed by atoms with E-state index in [2.05, 4.69) is 4.98 Å². The van der Waals surface area contributed by atoms with Crippen LogP contribution in [-0.2, 0) is 17.7 Å². The first kappa shape index (κ1) is 15.5. The minimum Gasteiger partial charge on any atom is -0.382 e. The Morgan fingerprint density at radius 3 is 2.90 bits per heavy atom. The zero-order valence-electron chi connectivity index (χ0n) is 11.3. The van der Waals surface area contributed by atoms with E-state index in [0.29, 0.717) is 31.0 Å². The molecule has 2 aromatic rings. The van der Waals surface area contributed by atoms with E-state index in [1.807, 2.05) is 11.5 Å². The molecule has 110 valence electrons. The molecule has 20 heavy (non-hydrogen) atoms. The molecule has 0 saturated heterocycles. The van der Waals surface area contributed by atoms with Gasteiger partial charge < -0.3 is 9.30 Å². The van der Waals surface area contributed by atoms with Gasteiger partial charge in [0.05, 0.1) is 16.1 Å². The molecule has 0 aliphatic carbocycles. The van der Waals surface area contributed by atoms with Crippen molar-refractivity contribution in [3.63, 3.8) is 0 Å². The first-order valence-corrected chi connectivity index (χ1v) is 7.56. The van der Waals surface area contributed by atoms with Crippen LogP contribution in [0.5, 0.6) is 0 Å². The predicted octanol–water partition coefficient (Wildman–Crippen LogP) is 4.04. The summed E-state index contributed by atoms with van der Waals surface area (Å²) in [5.74, 6) is 0.883. The van der Waals surface area contributed by atoms with E-state index < -0.39 is 5.82 Å². The molecule has 1 heterocycles. The number of benzene rings is 1. The van der Waals surface area contributed by atoms with Gasteiger partial charge in [-0.15, -0.1) is 11.6 Å². The van der Waals surface area contributed by atoms with Crippen LogP contribution in [0, 0.1) is 5.82 Å². The third-order valence-corrected chi connectivity index (χ3v) is 3.54. The van der Waals surface area contributed by atoms with Crippen LogP contribution in [-0.4, -0.2) is 28.6 Å². The Hall–Kier alpha value is -0.840. The number of nitrogens with zero attached hydrogens (tertiary/aromatic N) is 2. The number of hydrogen-bond donors (Lipinski definition) is 0. The predicted molar refractivity (Wildman–Crippen MR) is 80.2 cm³/mol. The summed E-state index contributed by atoms with van der Waals surface area (Å²) in [5.41, 5.74) is 1.46. The van der Waals surface area contributed by atoms with Crippen LogP contribution in [0.25, 0.3) is 11.0 Å². The van der Waals surface area contributed by atoms with Crippen LogP contribution in [0.2, 0.25) is 5.02 Å². The molecule has 0 fully saturated rings. The SMILES string of the molecule is CCOCCCn1c(CCCl)nc2cc(F)c(Cl)cc21. The molecule has 0 saturated carbocycles. The standard InChI is InChI=1S/C14H17Cl2FN2O/c1-2-20-7-3-6-19-13-8-10(16)11(17)9-12(13)18-14(19)4-5-15/h8-9H,2-7H2,1H3. The molecule has 1 aromatic heterocycles. The molecule has 0 spiro atoms. The van der Waals surface area contributed by atoms with E-state index in [9.17, 15) is 4.39 Å². The third-order valence-electron chi connectivity index (χ3n) is 3.06. The smallest absolute Gasteiger partial charge is 0.144 e. The average Bonchev–Trinajstić information content (AvgIpc) is 2.73. The van der Waals surface area contributed by atoms with Gasteiger partial charge in [0.25, 0.3) is 0 Å². The minimum atomic E-state index is -0.449. The fourth-order valence-electron chi connectivity index (χ4n) is 2.16. The van der Waals surface area contributed by atoms with Crippen molar-refractivity contribution in [2.45, 2.75) is 26.3 Å². The molecule has 3 nitrogen and oxygen atoms in total. The van der Waals surface area contributed by atoms with Crippen molar-refractivity contribution in [2.24, 2.45) is 0 Å². The lowest BCUT2D eigenvalue weighted by atomic mass is 10.3. The number of hydrogen-bond acceptors (Lipinski definition) is 2. The quantitative estimate of drug-likeness (QED) is 0.569. The van der Waals surface area contributed by atoms with Gasteiger partial charge in [-0.1, -0.05) is 11.6 Å². The zero-order chi connectivity index (χ0) is 14.5. The Morgan fingerprint density at radius 1 is 1.40 bits per heavy atom. The van der Waals surface area contributed by atoms with E-state index in [-0.39, 0.29) is 5.02 Å². The van der Waals surface area contributed by atoms with Gasteiger partial charge in [0, 0.05) is 38.1 Å². The Morgan fingerprint density at radius 2 is 2.20 bits per heavy atom. The van der Waals surface area contributed by atoms with Crippen LogP contribution in [0.1, 0.15) is 19.2 Å². The number of alkyl halides is 1. The molecule has 2 rings (SSSR count). The van der Waals surface area contributed by atoms with Gasteiger partial charge in [-0.2, -0.15) is 0 Å². The van der Waals surface area contributed by atoms with Crippen molar-refractivity contribution >= 4 is 34.2 Å². The number of rotatable bonds is 7. The summed E-state index contributed by atoms with van der Waals surface area (Å²) in [7, 11) is 0. The zero-order valence-corrected chi connectivity index (χ0v) is 12.8. The molecule has 0 N–H and O–H groups in total. The largest absolute Gasteiger partial charge is 0.382 e. The number of ether oxygens (including phenoxy) is 1. The summed E-state index contributed by atoms with van der Waals surface area (Å²) >= 11 is 11.7. The van der Waals surface area contributed by atoms with Gasteiger partial charge in [0.15, 0.2) is 0 Å². The van der Waals surface area contributed by atoms with Crippen LogP contribution >= 0.6 is 23.2 Å². The lowest BCUT2D eigenvalue weighted by Crippen LogP contribution is -2.07. The van der Waals surface area contributed by atoms with E-state index in [1.54, 1.807) is 6.07 Å². The lowest BCUT2D eigenvalue weighted by molar-refractivity contribution is 0.141. The van der Waals surface area contributed by atoms with Crippen molar-refractivity contribution in [2.75, 3.05) is 19.1 Å². The molecule has 1 aromatic carbocycles. The van der Waals surface area contributed by atoms with Crippen molar-refractivity contribution in [3.8, 4) is 0 Å². The summed E-state index contributed by atoms with van der Waals surface area (Å²) in [6.07, 6.45) is 1.51. The molecule has 0 aliphatic heterocycles. The molecular weight excluding hydrogens is 302 g/mol. The van der Waals surface area contributed by atoms with Gasteiger partial charge in [-0.3, -0.25) is 0 Å². The highest BCUT2D eigenvalue weighted by atomic mass is 35.5. The first-order chi connectivity index (χ1) is 9.67. The lowest BCUT2D eigenvalue weighted by Gasteiger charge is -2.08. The number of fused-ring (bicyclic) bond motifs is 1. The van der Waals surface area contributed by atoms with E-state index in [4.69, 9.17) is 27.9 Å². The third kappa shape index (κ3) is 3.43. The Labute approximate surface area is 127 Å². The van der Waals surface area contributed by atoms with E-state index in [0.717, 1.165) is 24.3 Å². The van der Waals surface area contributed by atoms with Crippen molar-refractivity contribution in [1.82, 2.24) is 9.55 Å². The summed E-state index contributed by atoms with van der Waals surface area (Å²) in [6.45, 7) is 4.11. The molecule has 0 aliphatic rings. The number of aryl methyl sites for hydroxylation is 2. The maximum atomic E-state index is 13.5. The highest BCUT2D eigenvalue weighted by molar-refractivity contribution is 6.31. The molecule has 0 amide bonds. The molecular formula is C14H17Cl2FN2O. The van der Waals surface area contributed by atoms with Crippen molar-refractivity contribution in [3.05, 3.63) is 28.8 Å². The van der Waals surface area contributed by atoms with Crippen LogP contribution in [0.3, 0.4) is 0 Å². The molecule has 6 heteroatoms. The van der Waals surface area contributed by atoms with Crippen molar-refractivity contribution in [1.29, 1.82) is 0 Å². The maximum absolute atomic E-state index is 13.5. The summed E-state index contributed by atoms with van der Waals surface area (Å²) in [6, 6.07) is 2.99. The van der Waals surface area contributed by atoms with Gasteiger partial charge in [0.2, 0.25) is 0 Å². The maximum Gasteiger partial charge on any atom is 0.144 e. The second-order valence-electron chi connectivity index (χ2n) is 4.42. The monoisotopic (exact) mass is 318 g/mol. The molecule has 0 unspecified atom stereocenters. The van der Waals surface area contributed by atoms with Gasteiger partial charge >= 0.3 is 0 Å². The highest BCUT2D eigenvalue weighted by Crippen LogP contribution is 2.24. The Balaban J connectivity index is 2.32. The Kier molecular flexibility index (Phi) is 5.64. The van der Waals surface area contributed by atoms with Gasteiger partial charge in [-0.25, -0.2) is 9.37 Å². The van der Waals surface area contributed by atoms with E-state index >= 15 is 0 Å². The van der Waals surface area contributed by atoms with Crippen molar-refractivity contribution < 1.29 is 9.13 Å². The first-order valence-electron chi connectivity index (χ1n) is 6.65. The molecule has 0 bridgehead atoms. The fraction of sp³-hybridized carbons (Fsp3) is 0.500. The highest BCUT2D eigenvalue weighted by Gasteiger charge is 2.13. The average molecular weight is 319 g/mol. The molecule has 0 radical (unpaired) electrons. The second kappa shape index (κ2) is 7.25. The fourth-order valence-corrected chi connectivity index (χ4v) is 2.49. The summed E-state index contributed by atoms with van der Waals surface area (Å²) < 4.78 is 20.9.